The molecule has 0 saturated heterocycles. The second kappa shape index (κ2) is 3.51. The Morgan fingerprint density at radius 2 is 2.50 bits per heavy atom. The summed E-state index contributed by atoms with van der Waals surface area (Å²) >= 11 is 0. The third-order valence-corrected chi connectivity index (χ3v) is 1.08. The van der Waals surface area contributed by atoms with Gasteiger partial charge in [0, 0.05) is 12.3 Å². The highest BCUT2D eigenvalue weighted by Crippen LogP contribution is 1.90. The SMILES string of the molecule is COC(=O)Nc1nccc(=O)[nH]1. The summed E-state index contributed by atoms with van der Waals surface area (Å²) in [5.41, 5.74) is -0.337. The number of H-pyrrole nitrogens is 1. The van der Waals surface area contributed by atoms with Gasteiger partial charge in [0.2, 0.25) is 5.95 Å². The lowest BCUT2D eigenvalue weighted by Crippen LogP contribution is -2.16. The first kappa shape index (κ1) is 8.25. The Labute approximate surface area is 67.6 Å². The quantitative estimate of drug-likeness (QED) is 0.617. The van der Waals surface area contributed by atoms with Crippen LogP contribution in [0.5, 0.6) is 0 Å². The first-order valence-corrected chi connectivity index (χ1v) is 3.12. The van der Waals surface area contributed by atoms with Crippen LogP contribution in [0, 0.1) is 0 Å². The van der Waals surface area contributed by atoms with Crippen LogP contribution in [0.3, 0.4) is 0 Å². The van der Waals surface area contributed by atoms with Crippen molar-refractivity contribution >= 4 is 12.0 Å². The van der Waals surface area contributed by atoms with E-state index in [2.05, 4.69) is 20.0 Å². The van der Waals surface area contributed by atoms with Gasteiger partial charge in [-0.05, 0) is 0 Å². The monoisotopic (exact) mass is 169 g/mol. The van der Waals surface area contributed by atoms with Crippen molar-refractivity contribution < 1.29 is 9.53 Å². The summed E-state index contributed by atoms with van der Waals surface area (Å²) in [5.74, 6) is 0.0642. The topological polar surface area (TPSA) is 84.1 Å². The number of amides is 1. The number of hydrogen-bond donors (Lipinski definition) is 2. The van der Waals surface area contributed by atoms with E-state index in [-0.39, 0.29) is 11.5 Å². The number of rotatable bonds is 1. The molecule has 6 nitrogen and oxygen atoms in total. The number of ether oxygens (including phenoxy) is 1. The van der Waals surface area contributed by atoms with E-state index in [0.717, 1.165) is 0 Å². The summed E-state index contributed by atoms with van der Waals surface area (Å²) in [6.07, 6.45) is 0.605. The molecule has 0 aliphatic rings. The van der Waals surface area contributed by atoms with Crippen molar-refractivity contribution in [1.82, 2.24) is 9.97 Å². The number of nitrogens with zero attached hydrogens (tertiary/aromatic N) is 1. The van der Waals surface area contributed by atoms with Crippen LogP contribution in [0.25, 0.3) is 0 Å². The fourth-order valence-corrected chi connectivity index (χ4v) is 0.581. The van der Waals surface area contributed by atoms with Crippen molar-refractivity contribution in [2.75, 3.05) is 12.4 Å². The number of carbonyl (C=O) groups excluding carboxylic acids is 1. The minimum atomic E-state index is -0.677. The minimum absolute atomic E-state index is 0.0642. The summed E-state index contributed by atoms with van der Waals surface area (Å²) < 4.78 is 4.28. The molecule has 0 fully saturated rings. The summed E-state index contributed by atoms with van der Waals surface area (Å²) in [5, 5.41) is 2.20. The third kappa shape index (κ3) is 2.08. The highest BCUT2D eigenvalue weighted by atomic mass is 16.5. The van der Waals surface area contributed by atoms with Crippen LogP contribution in [0.2, 0.25) is 0 Å². The highest BCUT2D eigenvalue weighted by Gasteiger charge is 2.00. The Morgan fingerprint density at radius 3 is 3.08 bits per heavy atom. The zero-order valence-electron chi connectivity index (χ0n) is 6.33. The van der Waals surface area contributed by atoms with E-state index in [4.69, 9.17) is 0 Å². The summed E-state index contributed by atoms with van der Waals surface area (Å²) in [4.78, 5) is 27.2. The first-order chi connectivity index (χ1) is 5.72. The fraction of sp³-hybridized carbons (Fsp3) is 0.167. The highest BCUT2D eigenvalue weighted by molar-refractivity contribution is 5.81. The molecular formula is C6H7N3O3. The average molecular weight is 169 g/mol. The van der Waals surface area contributed by atoms with Crippen LogP contribution >= 0.6 is 0 Å². The maximum Gasteiger partial charge on any atom is 0.413 e. The van der Waals surface area contributed by atoms with E-state index >= 15 is 0 Å². The molecule has 1 aromatic heterocycles. The Bertz CT molecular complexity index is 333. The molecule has 64 valence electrons. The van der Waals surface area contributed by atoms with Crippen LogP contribution in [-0.2, 0) is 4.74 Å². The Morgan fingerprint density at radius 1 is 1.75 bits per heavy atom. The first-order valence-electron chi connectivity index (χ1n) is 3.12. The largest absolute Gasteiger partial charge is 0.453 e. The third-order valence-electron chi connectivity index (χ3n) is 1.08. The number of aromatic nitrogens is 2. The van der Waals surface area contributed by atoms with E-state index in [9.17, 15) is 9.59 Å². The standard InChI is InChI=1S/C6H7N3O3/c1-12-6(11)9-5-7-3-2-4(10)8-5/h2-3H,1H3,(H2,7,8,9,10,11). The number of anilines is 1. The molecule has 1 rings (SSSR count). The molecule has 2 N–H and O–H groups in total. The van der Waals surface area contributed by atoms with E-state index < -0.39 is 6.09 Å². The maximum absolute atomic E-state index is 10.7. The van der Waals surface area contributed by atoms with Crippen LogP contribution in [-0.4, -0.2) is 23.2 Å². The van der Waals surface area contributed by atoms with Crippen molar-refractivity contribution in [3.63, 3.8) is 0 Å². The molecule has 0 radical (unpaired) electrons. The van der Waals surface area contributed by atoms with Crippen molar-refractivity contribution in [3.8, 4) is 0 Å². The van der Waals surface area contributed by atoms with Crippen molar-refractivity contribution in [2.24, 2.45) is 0 Å². The van der Waals surface area contributed by atoms with Crippen molar-refractivity contribution in [3.05, 3.63) is 22.6 Å². The fourth-order valence-electron chi connectivity index (χ4n) is 0.581. The molecule has 0 unspecified atom stereocenters. The molecule has 0 aromatic carbocycles. The lowest BCUT2D eigenvalue weighted by atomic mass is 10.6. The van der Waals surface area contributed by atoms with E-state index in [1.54, 1.807) is 0 Å². The van der Waals surface area contributed by atoms with E-state index in [1.807, 2.05) is 0 Å². The summed E-state index contributed by atoms with van der Waals surface area (Å²) in [6, 6.07) is 1.24. The van der Waals surface area contributed by atoms with Gasteiger partial charge in [-0.2, -0.15) is 0 Å². The van der Waals surface area contributed by atoms with Gasteiger partial charge in [0.1, 0.15) is 0 Å². The molecule has 1 aromatic rings. The number of carbonyl (C=O) groups is 1. The minimum Gasteiger partial charge on any atom is -0.453 e. The van der Waals surface area contributed by atoms with Gasteiger partial charge in [-0.15, -0.1) is 0 Å². The van der Waals surface area contributed by atoms with Crippen LogP contribution in [0.15, 0.2) is 17.1 Å². The van der Waals surface area contributed by atoms with Crippen molar-refractivity contribution in [1.29, 1.82) is 0 Å². The van der Waals surface area contributed by atoms with Crippen LogP contribution in [0.4, 0.5) is 10.7 Å². The zero-order valence-corrected chi connectivity index (χ0v) is 6.33. The lowest BCUT2D eigenvalue weighted by molar-refractivity contribution is 0.186. The van der Waals surface area contributed by atoms with Crippen LogP contribution < -0.4 is 10.9 Å². The normalized spacial score (nSPS) is 9.08. The predicted molar refractivity (Wildman–Crippen MR) is 40.9 cm³/mol. The summed E-state index contributed by atoms with van der Waals surface area (Å²) in [6.45, 7) is 0. The Kier molecular flexibility index (Phi) is 2.42. The zero-order chi connectivity index (χ0) is 8.97. The Balaban J connectivity index is 2.76. The summed E-state index contributed by atoms with van der Waals surface area (Å²) in [7, 11) is 1.22. The van der Waals surface area contributed by atoms with Gasteiger partial charge in [0.15, 0.2) is 0 Å². The molecule has 1 amide bonds. The van der Waals surface area contributed by atoms with Gasteiger partial charge in [-0.1, -0.05) is 0 Å². The van der Waals surface area contributed by atoms with Gasteiger partial charge in [0.05, 0.1) is 7.11 Å². The van der Waals surface area contributed by atoms with Gasteiger partial charge in [0.25, 0.3) is 5.56 Å². The molecule has 0 aliphatic heterocycles. The van der Waals surface area contributed by atoms with Gasteiger partial charge in [-0.3, -0.25) is 15.1 Å². The maximum atomic E-state index is 10.7. The predicted octanol–water partition coefficient (Wildman–Crippen LogP) is -0.0518. The molecule has 0 bridgehead atoms. The van der Waals surface area contributed by atoms with Crippen molar-refractivity contribution in [2.45, 2.75) is 0 Å². The lowest BCUT2D eigenvalue weighted by Gasteiger charge is -1.99. The molecule has 0 saturated carbocycles. The van der Waals surface area contributed by atoms with Gasteiger partial charge < -0.3 is 4.74 Å². The smallest absolute Gasteiger partial charge is 0.413 e. The number of nitrogens with one attached hydrogen (secondary N) is 2. The van der Waals surface area contributed by atoms with E-state index in [1.165, 1.54) is 19.4 Å². The molecule has 0 spiro atoms. The van der Waals surface area contributed by atoms with E-state index in [0.29, 0.717) is 0 Å². The number of methoxy groups -OCH3 is 1. The number of hydrogen-bond acceptors (Lipinski definition) is 4. The van der Waals surface area contributed by atoms with Gasteiger partial charge >= 0.3 is 6.09 Å². The Hall–Kier alpha value is -1.85. The molecule has 1 heterocycles. The molecule has 0 atom stereocenters. The molecule has 0 aliphatic carbocycles. The second-order valence-corrected chi connectivity index (χ2v) is 1.90. The van der Waals surface area contributed by atoms with Crippen LogP contribution in [0.1, 0.15) is 0 Å². The average Bonchev–Trinajstić information content (AvgIpc) is 2.04. The second-order valence-electron chi connectivity index (χ2n) is 1.90. The molecule has 6 heteroatoms. The number of aromatic amines is 1. The molecular weight excluding hydrogens is 162 g/mol. The van der Waals surface area contributed by atoms with Gasteiger partial charge in [-0.25, -0.2) is 9.78 Å². The molecule has 12 heavy (non-hydrogen) atoms.